The zero-order valence-corrected chi connectivity index (χ0v) is 16.0. The lowest BCUT2D eigenvalue weighted by atomic mass is 9.65. The van der Waals surface area contributed by atoms with Gasteiger partial charge in [0.1, 0.15) is 11.9 Å². The van der Waals surface area contributed by atoms with Gasteiger partial charge < -0.3 is 14.9 Å². The summed E-state index contributed by atoms with van der Waals surface area (Å²) in [7, 11) is 0. The molecule has 2 N–H and O–H groups in total. The van der Waals surface area contributed by atoms with E-state index in [-0.39, 0.29) is 17.7 Å². The number of esters is 1. The number of rotatable bonds is 3. The van der Waals surface area contributed by atoms with Crippen LogP contribution < -0.4 is 0 Å². The second-order valence-electron chi connectivity index (χ2n) is 8.61. The van der Waals surface area contributed by atoms with Crippen molar-refractivity contribution >= 4 is 11.5 Å². The van der Waals surface area contributed by atoms with Gasteiger partial charge in [-0.05, 0) is 53.7 Å². The molecule has 1 aromatic rings. The zero-order valence-electron chi connectivity index (χ0n) is 16.0. The Labute approximate surface area is 159 Å². The van der Waals surface area contributed by atoms with Gasteiger partial charge in [-0.25, -0.2) is 4.39 Å². The highest BCUT2D eigenvalue weighted by atomic mass is 19.1. The minimum atomic E-state index is -0.863. The molecular formula is C22H27FO4. The van der Waals surface area contributed by atoms with Crippen LogP contribution in [0.3, 0.4) is 0 Å². The Morgan fingerprint density at radius 3 is 2.52 bits per heavy atom. The predicted molar refractivity (Wildman–Crippen MR) is 101 cm³/mol. The van der Waals surface area contributed by atoms with Crippen LogP contribution in [0.15, 0.2) is 42.0 Å². The number of cyclic esters (lactones) is 1. The second kappa shape index (κ2) is 7.21. The number of aliphatic hydroxyl groups excluding tert-OH is 1. The SMILES string of the molecule is CC1(O)CC(c2ccc(F)cc2)=C(C=C[C@H]2C[C@H](O)CC(=O)O2)C(C)(C)C1. The maximum Gasteiger partial charge on any atom is 0.309 e. The first-order valence-electron chi connectivity index (χ1n) is 9.33. The van der Waals surface area contributed by atoms with Crippen LogP contribution in [0.25, 0.3) is 5.57 Å². The lowest BCUT2D eigenvalue weighted by Gasteiger charge is -2.42. The van der Waals surface area contributed by atoms with Crippen molar-refractivity contribution in [3.63, 3.8) is 0 Å². The van der Waals surface area contributed by atoms with Crippen molar-refractivity contribution in [2.24, 2.45) is 5.41 Å². The molecule has 5 heteroatoms. The fraction of sp³-hybridized carbons (Fsp3) is 0.500. The number of carbonyl (C=O) groups is 1. The summed E-state index contributed by atoms with van der Waals surface area (Å²) in [4.78, 5) is 11.6. The summed E-state index contributed by atoms with van der Waals surface area (Å²) in [5.74, 6) is -0.705. The minimum Gasteiger partial charge on any atom is -0.458 e. The van der Waals surface area contributed by atoms with Gasteiger partial charge in [-0.1, -0.05) is 32.1 Å². The first-order valence-corrected chi connectivity index (χ1v) is 9.33. The molecule has 1 unspecified atom stereocenters. The third-order valence-corrected chi connectivity index (χ3v) is 5.29. The van der Waals surface area contributed by atoms with Crippen LogP contribution in [0.1, 0.15) is 52.0 Å². The van der Waals surface area contributed by atoms with Gasteiger partial charge in [0.2, 0.25) is 0 Å². The Hall–Kier alpha value is -1.98. The summed E-state index contributed by atoms with van der Waals surface area (Å²) >= 11 is 0. The average Bonchev–Trinajstić information content (AvgIpc) is 2.51. The molecule has 27 heavy (non-hydrogen) atoms. The Morgan fingerprint density at radius 1 is 1.22 bits per heavy atom. The van der Waals surface area contributed by atoms with Gasteiger partial charge in [-0.2, -0.15) is 0 Å². The van der Waals surface area contributed by atoms with Crippen molar-refractivity contribution < 1.29 is 24.1 Å². The van der Waals surface area contributed by atoms with Gasteiger partial charge in [0.05, 0.1) is 18.1 Å². The molecule has 0 bridgehead atoms. The molecule has 1 aliphatic carbocycles. The van der Waals surface area contributed by atoms with E-state index in [0.29, 0.717) is 19.3 Å². The fourth-order valence-corrected chi connectivity index (χ4v) is 4.36. The molecule has 1 fully saturated rings. The maximum absolute atomic E-state index is 13.4. The summed E-state index contributed by atoms with van der Waals surface area (Å²) in [6.07, 6.45) is 4.02. The van der Waals surface area contributed by atoms with E-state index >= 15 is 0 Å². The van der Waals surface area contributed by atoms with E-state index in [4.69, 9.17) is 4.74 Å². The van der Waals surface area contributed by atoms with Crippen molar-refractivity contribution in [1.29, 1.82) is 0 Å². The summed E-state index contributed by atoms with van der Waals surface area (Å²) < 4.78 is 18.7. The van der Waals surface area contributed by atoms with E-state index in [9.17, 15) is 19.4 Å². The Bertz CT molecular complexity index is 774. The van der Waals surface area contributed by atoms with E-state index in [0.717, 1.165) is 16.7 Å². The number of carbonyl (C=O) groups excluding carboxylic acids is 1. The highest BCUT2D eigenvalue weighted by Crippen LogP contribution is 2.48. The first kappa shape index (κ1) is 19.8. The Balaban J connectivity index is 2.00. The highest BCUT2D eigenvalue weighted by Gasteiger charge is 2.40. The number of allylic oxidation sites excluding steroid dienone is 2. The van der Waals surface area contributed by atoms with Gasteiger partial charge in [0.25, 0.3) is 0 Å². The van der Waals surface area contributed by atoms with E-state index in [2.05, 4.69) is 13.8 Å². The van der Waals surface area contributed by atoms with Crippen LogP contribution in [0.5, 0.6) is 0 Å². The van der Waals surface area contributed by atoms with Gasteiger partial charge in [-0.15, -0.1) is 0 Å². The molecule has 0 radical (unpaired) electrons. The van der Waals surface area contributed by atoms with Gasteiger partial charge >= 0.3 is 5.97 Å². The van der Waals surface area contributed by atoms with Crippen molar-refractivity contribution in [1.82, 2.24) is 0 Å². The summed E-state index contributed by atoms with van der Waals surface area (Å²) in [6, 6.07) is 6.28. The molecule has 3 rings (SSSR count). The maximum atomic E-state index is 13.4. The number of halogens is 1. The van der Waals surface area contributed by atoms with E-state index in [1.165, 1.54) is 12.1 Å². The third kappa shape index (κ3) is 4.66. The molecule has 4 nitrogen and oxygen atoms in total. The largest absolute Gasteiger partial charge is 0.458 e. The van der Waals surface area contributed by atoms with Gasteiger partial charge in [0.15, 0.2) is 0 Å². The minimum absolute atomic E-state index is 0.0300. The number of hydrogen-bond acceptors (Lipinski definition) is 4. The molecule has 146 valence electrons. The molecule has 0 spiro atoms. The summed E-state index contributed by atoms with van der Waals surface area (Å²) in [5.41, 5.74) is 1.66. The summed E-state index contributed by atoms with van der Waals surface area (Å²) in [6.45, 7) is 5.94. The number of ether oxygens (including phenoxy) is 1. The molecule has 1 aromatic carbocycles. The number of benzene rings is 1. The zero-order chi connectivity index (χ0) is 19.8. The average molecular weight is 374 g/mol. The van der Waals surface area contributed by atoms with Crippen LogP contribution in [0.4, 0.5) is 4.39 Å². The number of hydrogen-bond donors (Lipinski definition) is 2. The first-order chi connectivity index (χ1) is 12.6. The third-order valence-electron chi connectivity index (χ3n) is 5.29. The van der Waals surface area contributed by atoms with Crippen LogP contribution in [0, 0.1) is 11.2 Å². The Morgan fingerprint density at radius 2 is 1.89 bits per heavy atom. The fourth-order valence-electron chi connectivity index (χ4n) is 4.36. The normalized spacial score (nSPS) is 31.3. The van der Waals surface area contributed by atoms with Crippen LogP contribution in [-0.4, -0.2) is 34.0 Å². The molecule has 0 saturated carbocycles. The van der Waals surface area contributed by atoms with Crippen molar-refractivity contribution in [3.8, 4) is 0 Å². The quantitative estimate of drug-likeness (QED) is 0.791. The molecule has 0 aromatic heterocycles. The standard InChI is InChI=1S/C22H27FO4/c1-21(2)13-22(3,26)12-18(14-4-6-15(23)7-5-14)19(21)9-8-17-10-16(24)11-20(25)27-17/h4-9,16-17,24,26H,10-13H2,1-3H3/t16-,17-,22?/m0/s1. The molecule has 1 saturated heterocycles. The topological polar surface area (TPSA) is 66.8 Å². The van der Waals surface area contributed by atoms with Crippen molar-refractivity contribution in [2.45, 2.75) is 64.3 Å². The second-order valence-corrected chi connectivity index (χ2v) is 8.61. The molecule has 1 aliphatic heterocycles. The predicted octanol–water partition coefficient (Wildman–Crippen LogP) is 3.77. The van der Waals surface area contributed by atoms with Crippen LogP contribution in [0.2, 0.25) is 0 Å². The number of aliphatic hydroxyl groups is 2. The van der Waals surface area contributed by atoms with Crippen molar-refractivity contribution in [3.05, 3.63) is 53.4 Å². The highest BCUT2D eigenvalue weighted by molar-refractivity contribution is 5.74. The lowest BCUT2D eigenvalue weighted by Crippen LogP contribution is -2.37. The van der Waals surface area contributed by atoms with Gasteiger partial charge in [0, 0.05) is 12.8 Å². The van der Waals surface area contributed by atoms with E-state index < -0.39 is 23.8 Å². The summed E-state index contributed by atoms with van der Waals surface area (Å²) in [5, 5.41) is 20.6. The smallest absolute Gasteiger partial charge is 0.309 e. The molecule has 0 amide bonds. The van der Waals surface area contributed by atoms with Crippen LogP contribution >= 0.6 is 0 Å². The lowest BCUT2D eigenvalue weighted by molar-refractivity contribution is -0.156. The van der Waals surface area contributed by atoms with Crippen molar-refractivity contribution in [2.75, 3.05) is 0 Å². The molecule has 3 atom stereocenters. The van der Waals surface area contributed by atoms with Gasteiger partial charge in [-0.3, -0.25) is 4.79 Å². The molecule has 2 aliphatic rings. The van der Waals surface area contributed by atoms with E-state index in [1.54, 1.807) is 18.2 Å². The van der Waals surface area contributed by atoms with E-state index in [1.807, 2.05) is 13.0 Å². The van der Waals surface area contributed by atoms with Crippen LogP contribution in [-0.2, 0) is 9.53 Å². The molecule has 1 heterocycles. The monoisotopic (exact) mass is 374 g/mol. The Kier molecular flexibility index (Phi) is 5.28. The molecular weight excluding hydrogens is 347 g/mol.